The third-order valence-corrected chi connectivity index (χ3v) is 5.00. The molecule has 6 heteroatoms. The van der Waals surface area contributed by atoms with E-state index in [0.717, 1.165) is 12.8 Å². The topological polar surface area (TPSA) is 83.5 Å². The normalized spacial score (nSPS) is 14.6. The van der Waals surface area contributed by atoms with Crippen molar-refractivity contribution in [3.8, 4) is 0 Å². The summed E-state index contributed by atoms with van der Waals surface area (Å²) in [5.74, 6) is -0.480. The monoisotopic (exact) mass is 313 g/mol. The van der Waals surface area contributed by atoms with E-state index in [2.05, 4.69) is 18.6 Å². The lowest BCUT2D eigenvalue weighted by Crippen LogP contribution is -2.33. The van der Waals surface area contributed by atoms with Crippen LogP contribution in [0, 0.1) is 5.92 Å². The molecule has 0 aliphatic heterocycles. The molecular weight excluding hydrogens is 290 g/mol. The molecule has 118 valence electrons. The van der Waals surface area contributed by atoms with Gasteiger partial charge < -0.3 is 5.11 Å². The van der Waals surface area contributed by atoms with E-state index < -0.39 is 16.0 Å². The quantitative estimate of drug-likeness (QED) is 0.772. The van der Waals surface area contributed by atoms with Gasteiger partial charge in [-0.15, -0.1) is 0 Å². The van der Waals surface area contributed by atoms with Gasteiger partial charge in [-0.1, -0.05) is 32.4 Å². The molecule has 21 heavy (non-hydrogen) atoms. The average Bonchev–Trinajstić information content (AvgIpc) is 2.37. The summed E-state index contributed by atoms with van der Waals surface area (Å²) in [5, 5.41) is 8.69. The predicted molar refractivity (Wildman–Crippen MR) is 81.6 cm³/mol. The molecule has 0 radical (unpaired) electrons. The van der Waals surface area contributed by atoms with E-state index in [1.165, 1.54) is 24.3 Å². The number of aliphatic carboxylic acids is 1. The lowest BCUT2D eigenvalue weighted by atomic mass is 10.0. The van der Waals surface area contributed by atoms with Crippen LogP contribution in [0.1, 0.15) is 39.2 Å². The van der Waals surface area contributed by atoms with Crippen molar-refractivity contribution in [1.82, 2.24) is 4.72 Å². The van der Waals surface area contributed by atoms with Crippen LogP contribution < -0.4 is 4.72 Å². The van der Waals surface area contributed by atoms with Gasteiger partial charge in [-0.05, 0) is 37.0 Å². The molecule has 2 N–H and O–H groups in total. The number of carboxylic acids is 1. The van der Waals surface area contributed by atoms with E-state index >= 15 is 0 Å². The average molecular weight is 313 g/mol. The summed E-state index contributed by atoms with van der Waals surface area (Å²) in [7, 11) is -3.56. The number of hydrogen-bond acceptors (Lipinski definition) is 3. The molecular formula is C15H23NO4S. The molecule has 1 rings (SSSR count). The Balaban J connectivity index is 2.76. The highest BCUT2D eigenvalue weighted by atomic mass is 32.2. The fraction of sp³-hybridized carbons (Fsp3) is 0.533. The summed E-state index contributed by atoms with van der Waals surface area (Å²) >= 11 is 0. The van der Waals surface area contributed by atoms with Gasteiger partial charge in [-0.2, -0.15) is 0 Å². The maximum Gasteiger partial charge on any atom is 0.307 e. The van der Waals surface area contributed by atoms with Crippen LogP contribution in [0.2, 0.25) is 0 Å². The zero-order chi connectivity index (χ0) is 16.0. The minimum Gasteiger partial charge on any atom is -0.481 e. The molecule has 0 heterocycles. The fourth-order valence-corrected chi connectivity index (χ4v) is 3.37. The summed E-state index contributed by atoms with van der Waals surface area (Å²) in [5.41, 5.74) is 0.578. The van der Waals surface area contributed by atoms with Crippen LogP contribution in [0.4, 0.5) is 0 Å². The number of benzene rings is 1. The molecule has 0 saturated carbocycles. The Hall–Kier alpha value is -1.40. The Morgan fingerprint density at radius 1 is 1.24 bits per heavy atom. The highest BCUT2D eigenvalue weighted by Gasteiger charge is 2.18. The van der Waals surface area contributed by atoms with Crippen LogP contribution in [0.5, 0.6) is 0 Å². The van der Waals surface area contributed by atoms with Crippen molar-refractivity contribution < 1.29 is 18.3 Å². The highest BCUT2D eigenvalue weighted by molar-refractivity contribution is 7.89. The van der Waals surface area contributed by atoms with Gasteiger partial charge in [0.05, 0.1) is 11.3 Å². The molecule has 0 bridgehead atoms. The number of sulfonamides is 1. The Kier molecular flexibility index (Phi) is 6.36. The molecule has 5 nitrogen and oxygen atoms in total. The third-order valence-electron chi connectivity index (χ3n) is 3.40. The minimum absolute atomic E-state index is 0.113. The standard InChI is InChI=1S/C15H23NO4S/c1-4-11(2)9-12(3)16-21(19,20)14-7-5-13(6-8-14)10-15(17)18/h5-8,11-12,16H,4,9-10H2,1-3H3,(H,17,18). The third kappa shape index (κ3) is 5.85. The maximum atomic E-state index is 12.2. The molecule has 0 saturated heterocycles. The molecule has 0 spiro atoms. The Morgan fingerprint density at radius 2 is 1.81 bits per heavy atom. The minimum atomic E-state index is -3.56. The molecule has 0 amide bonds. The van der Waals surface area contributed by atoms with E-state index in [1.807, 2.05) is 6.92 Å². The summed E-state index contributed by atoms with van der Waals surface area (Å²) in [6.07, 6.45) is 1.68. The van der Waals surface area contributed by atoms with Gasteiger partial charge in [-0.25, -0.2) is 13.1 Å². The van der Waals surface area contributed by atoms with Crippen LogP contribution in [0.25, 0.3) is 0 Å². The largest absolute Gasteiger partial charge is 0.481 e. The zero-order valence-corrected chi connectivity index (χ0v) is 13.5. The summed E-state index contributed by atoms with van der Waals surface area (Å²) in [6.45, 7) is 6.01. The molecule has 0 aliphatic rings. The van der Waals surface area contributed by atoms with Gasteiger partial charge in [-0.3, -0.25) is 4.79 Å². The van der Waals surface area contributed by atoms with Gasteiger partial charge in [0.2, 0.25) is 10.0 Å². The van der Waals surface area contributed by atoms with E-state index in [4.69, 9.17) is 5.11 Å². The first-order valence-electron chi connectivity index (χ1n) is 7.07. The van der Waals surface area contributed by atoms with Crippen molar-refractivity contribution in [2.45, 2.75) is 51.0 Å². The number of hydrogen-bond donors (Lipinski definition) is 2. The van der Waals surface area contributed by atoms with Crippen LogP contribution in [0.15, 0.2) is 29.2 Å². The first kappa shape index (κ1) is 17.7. The number of carboxylic acid groups (broad SMARTS) is 1. The first-order chi connectivity index (χ1) is 9.74. The van der Waals surface area contributed by atoms with Crippen molar-refractivity contribution in [2.24, 2.45) is 5.92 Å². The Labute approximate surface area is 126 Å². The lowest BCUT2D eigenvalue weighted by molar-refractivity contribution is -0.136. The van der Waals surface area contributed by atoms with Crippen molar-refractivity contribution in [3.05, 3.63) is 29.8 Å². The number of rotatable bonds is 8. The number of carbonyl (C=O) groups is 1. The van der Waals surface area contributed by atoms with Gasteiger partial charge in [0.1, 0.15) is 0 Å². The van der Waals surface area contributed by atoms with E-state index in [0.29, 0.717) is 11.5 Å². The van der Waals surface area contributed by atoms with E-state index in [1.54, 1.807) is 0 Å². The molecule has 0 aliphatic carbocycles. The maximum absolute atomic E-state index is 12.2. The molecule has 1 aromatic rings. The Morgan fingerprint density at radius 3 is 2.29 bits per heavy atom. The highest BCUT2D eigenvalue weighted by Crippen LogP contribution is 2.15. The molecule has 2 atom stereocenters. The number of nitrogens with one attached hydrogen (secondary N) is 1. The van der Waals surface area contributed by atoms with Crippen molar-refractivity contribution in [1.29, 1.82) is 0 Å². The summed E-state index contributed by atoms with van der Waals surface area (Å²) in [4.78, 5) is 10.8. The second kappa shape index (κ2) is 7.56. The van der Waals surface area contributed by atoms with Gasteiger partial charge in [0, 0.05) is 6.04 Å². The molecule has 0 fully saturated rings. The zero-order valence-electron chi connectivity index (χ0n) is 12.7. The van der Waals surface area contributed by atoms with Crippen LogP contribution in [-0.4, -0.2) is 25.5 Å². The van der Waals surface area contributed by atoms with E-state index in [9.17, 15) is 13.2 Å². The molecule has 2 unspecified atom stereocenters. The first-order valence-corrected chi connectivity index (χ1v) is 8.56. The van der Waals surface area contributed by atoms with Gasteiger partial charge in [0.15, 0.2) is 0 Å². The molecule has 1 aromatic carbocycles. The van der Waals surface area contributed by atoms with Crippen LogP contribution in [0.3, 0.4) is 0 Å². The van der Waals surface area contributed by atoms with Crippen LogP contribution >= 0.6 is 0 Å². The second-order valence-corrected chi connectivity index (χ2v) is 7.20. The fourth-order valence-electron chi connectivity index (χ4n) is 2.11. The summed E-state index contributed by atoms with van der Waals surface area (Å²) in [6, 6.07) is 5.81. The van der Waals surface area contributed by atoms with Gasteiger partial charge in [0.25, 0.3) is 0 Å². The van der Waals surface area contributed by atoms with Crippen LogP contribution in [-0.2, 0) is 21.2 Å². The SMILES string of the molecule is CCC(C)CC(C)NS(=O)(=O)c1ccc(CC(=O)O)cc1. The predicted octanol–water partition coefficient (Wildman–Crippen LogP) is 2.42. The molecule has 0 aromatic heterocycles. The summed E-state index contributed by atoms with van der Waals surface area (Å²) < 4.78 is 27.1. The Bertz CT molecular complexity index is 566. The van der Waals surface area contributed by atoms with Crippen molar-refractivity contribution in [2.75, 3.05) is 0 Å². The lowest BCUT2D eigenvalue weighted by Gasteiger charge is -2.17. The van der Waals surface area contributed by atoms with Crippen molar-refractivity contribution >= 4 is 16.0 Å². The second-order valence-electron chi connectivity index (χ2n) is 5.49. The van der Waals surface area contributed by atoms with E-state index in [-0.39, 0.29) is 17.4 Å². The van der Waals surface area contributed by atoms with Crippen molar-refractivity contribution in [3.63, 3.8) is 0 Å². The smallest absolute Gasteiger partial charge is 0.307 e. The van der Waals surface area contributed by atoms with Gasteiger partial charge >= 0.3 is 5.97 Å².